The molecule has 10 heteroatoms. The number of hydrogen-bond acceptors (Lipinski definition) is 6. The Labute approximate surface area is 161 Å². The first-order chi connectivity index (χ1) is 12.5. The smallest absolute Gasteiger partial charge is 0.407 e. The number of oxazole rings is 1. The van der Waals surface area contributed by atoms with Gasteiger partial charge in [-0.15, -0.1) is 12.4 Å². The second-order valence-corrected chi connectivity index (χ2v) is 6.63. The summed E-state index contributed by atoms with van der Waals surface area (Å²) in [5, 5.41) is 13.8. The molecule has 2 atom stereocenters. The third kappa shape index (κ3) is 4.67. The molecule has 0 spiro atoms. The maximum absolute atomic E-state index is 12.1. The number of halogens is 1. The molecule has 2 unspecified atom stereocenters. The number of benzene rings is 1. The van der Waals surface area contributed by atoms with Crippen molar-refractivity contribution in [2.75, 3.05) is 6.54 Å². The lowest BCUT2D eigenvalue weighted by atomic mass is 10.0. The number of nitro groups is 1. The number of hydrogen-bond donors (Lipinski definition) is 2. The van der Waals surface area contributed by atoms with E-state index in [1.54, 1.807) is 0 Å². The van der Waals surface area contributed by atoms with Crippen molar-refractivity contribution in [3.63, 3.8) is 0 Å². The van der Waals surface area contributed by atoms with Gasteiger partial charge in [-0.3, -0.25) is 19.5 Å². The van der Waals surface area contributed by atoms with E-state index in [9.17, 15) is 19.7 Å². The van der Waals surface area contributed by atoms with E-state index in [2.05, 4.69) is 5.32 Å². The first-order valence-electron chi connectivity index (χ1n) is 8.77. The number of nitro benzene ring substituents is 1. The topological polar surface area (TPSA) is 133 Å². The summed E-state index contributed by atoms with van der Waals surface area (Å²) in [6, 6.07) is 4.19. The zero-order valence-corrected chi connectivity index (χ0v) is 15.6. The average molecular weight is 399 g/mol. The molecule has 27 heavy (non-hydrogen) atoms. The Hall–Kier alpha value is -2.39. The molecular formula is C17H23ClN4O5. The molecule has 1 saturated carbocycles. The summed E-state index contributed by atoms with van der Waals surface area (Å²) in [5.74, 6) is -0.290. The van der Waals surface area contributed by atoms with Crippen LogP contribution in [0.15, 0.2) is 27.4 Å². The Morgan fingerprint density at radius 3 is 2.89 bits per heavy atom. The van der Waals surface area contributed by atoms with Crippen molar-refractivity contribution < 1.29 is 14.1 Å². The fourth-order valence-electron chi connectivity index (χ4n) is 3.57. The first-order valence-corrected chi connectivity index (χ1v) is 8.77. The van der Waals surface area contributed by atoms with Gasteiger partial charge in [0.15, 0.2) is 5.58 Å². The van der Waals surface area contributed by atoms with Crippen LogP contribution in [0.1, 0.15) is 32.1 Å². The molecule has 0 bridgehead atoms. The molecule has 1 aliphatic carbocycles. The molecular weight excluding hydrogens is 376 g/mol. The maximum Gasteiger partial charge on any atom is 0.419 e. The van der Waals surface area contributed by atoms with Crippen LogP contribution in [0.3, 0.4) is 0 Å². The number of aromatic nitrogens is 1. The standard InChI is InChI=1S/C17H22N4O5.ClH/c18-10-11-3-1-4-13(11)19-16(22)5-2-8-20-14-7-6-12(21(24)25)9-15(14)26-17(20)23;/h6-7,9,11,13H,1-5,8,10,18H2,(H,19,22);1H. The lowest BCUT2D eigenvalue weighted by Crippen LogP contribution is -2.39. The Kier molecular flexibility index (Phi) is 6.98. The molecule has 9 nitrogen and oxygen atoms in total. The monoisotopic (exact) mass is 398 g/mol. The van der Waals surface area contributed by atoms with Gasteiger partial charge in [0.05, 0.1) is 16.5 Å². The molecule has 1 amide bonds. The van der Waals surface area contributed by atoms with Crippen LogP contribution in [-0.2, 0) is 11.3 Å². The third-order valence-corrected chi connectivity index (χ3v) is 4.96. The summed E-state index contributed by atoms with van der Waals surface area (Å²) in [5.41, 5.74) is 6.24. The highest BCUT2D eigenvalue weighted by Crippen LogP contribution is 2.24. The predicted octanol–water partition coefficient (Wildman–Crippen LogP) is 1.95. The van der Waals surface area contributed by atoms with Crippen molar-refractivity contribution in [1.82, 2.24) is 9.88 Å². The molecule has 1 heterocycles. The summed E-state index contributed by atoms with van der Waals surface area (Å²) >= 11 is 0. The summed E-state index contributed by atoms with van der Waals surface area (Å²) < 4.78 is 6.47. The van der Waals surface area contributed by atoms with Gasteiger partial charge in [-0.1, -0.05) is 6.42 Å². The van der Waals surface area contributed by atoms with Gasteiger partial charge in [0.1, 0.15) is 0 Å². The minimum atomic E-state index is -0.583. The van der Waals surface area contributed by atoms with Crippen molar-refractivity contribution in [2.45, 2.75) is 44.7 Å². The minimum absolute atomic E-state index is 0. The van der Waals surface area contributed by atoms with Crippen LogP contribution in [0.4, 0.5) is 5.69 Å². The molecule has 148 valence electrons. The van der Waals surface area contributed by atoms with Crippen molar-refractivity contribution >= 4 is 35.1 Å². The number of amides is 1. The molecule has 3 N–H and O–H groups in total. The maximum atomic E-state index is 12.1. The van der Waals surface area contributed by atoms with Crippen molar-refractivity contribution in [3.8, 4) is 0 Å². The molecule has 0 aliphatic heterocycles. The Bertz CT molecular complexity index is 878. The van der Waals surface area contributed by atoms with Crippen LogP contribution in [0, 0.1) is 16.0 Å². The minimum Gasteiger partial charge on any atom is -0.407 e. The number of carbonyl (C=O) groups is 1. The van der Waals surface area contributed by atoms with Gasteiger partial charge in [0.25, 0.3) is 5.69 Å². The number of fused-ring (bicyclic) bond motifs is 1. The zero-order chi connectivity index (χ0) is 18.7. The van der Waals surface area contributed by atoms with Gasteiger partial charge >= 0.3 is 5.76 Å². The van der Waals surface area contributed by atoms with Crippen LogP contribution in [0.25, 0.3) is 11.1 Å². The van der Waals surface area contributed by atoms with Crippen molar-refractivity contribution in [1.29, 1.82) is 0 Å². The number of non-ortho nitro benzene ring substituents is 1. The van der Waals surface area contributed by atoms with Gasteiger partial charge in [-0.2, -0.15) is 0 Å². The predicted molar refractivity (Wildman–Crippen MR) is 102 cm³/mol. The quantitative estimate of drug-likeness (QED) is 0.540. The Morgan fingerprint density at radius 1 is 1.41 bits per heavy atom. The molecule has 1 aliphatic rings. The number of rotatable bonds is 7. The molecule has 1 fully saturated rings. The fraction of sp³-hybridized carbons (Fsp3) is 0.529. The molecule has 3 rings (SSSR count). The lowest BCUT2D eigenvalue weighted by Gasteiger charge is -2.19. The summed E-state index contributed by atoms with van der Waals surface area (Å²) in [4.78, 5) is 34.3. The highest BCUT2D eigenvalue weighted by molar-refractivity contribution is 5.85. The van der Waals surface area contributed by atoms with Crippen molar-refractivity contribution in [2.24, 2.45) is 11.7 Å². The van der Waals surface area contributed by atoms with Gasteiger partial charge in [-0.25, -0.2) is 4.79 Å². The van der Waals surface area contributed by atoms with Crippen LogP contribution in [0.2, 0.25) is 0 Å². The number of aryl methyl sites for hydroxylation is 1. The normalized spacial score (nSPS) is 19.0. The Balaban J connectivity index is 0.00000261. The zero-order valence-electron chi connectivity index (χ0n) is 14.8. The van der Waals surface area contributed by atoms with Gasteiger partial charge in [0, 0.05) is 25.1 Å². The number of nitrogens with two attached hydrogens (primary N) is 1. The Morgan fingerprint density at radius 2 is 2.19 bits per heavy atom. The highest BCUT2D eigenvalue weighted by atomic mass is 35.5. The number of nitrogens with zero attached hydrogens (tertiary/aromatic N) is 2. The summed E-state index contributed by atoms with van der Waals surface area (Å²) in [6.07, 6.45) is 3.84. The third-order valence-electron chi connectivity index (χ3n) is 4.96. The van der Waals surface area contributed by atoms with Gasteiger partial charge < -0.3 is 15.5 Å². The number of nitrogens with one attached hydrogen (secondary N) is 1. The average Bonchev–Trinajstić information content (AvgIpc) is 3.18. The second kappa shape index (κ2) is 9.01. The highest BCUT2D eigenvalue weighted by Gasteiger charge is 2.27. The molecule has 0 radical (unpaired) electrons. The van der Waals surface area contributed by atoms with E-state index in [-0.39, 0.29) is 35.6 Å². The van der Waals surface area contributed by atoms with Crippen LogP contribution in [-0.4, -0.2) is 28.0 Å². The molecule has 2 aromatic rings. The van der Waals surface area contributed by atoms with Crippen molar-refractivity contribution in [3.05, 3.63) is 38.9 Å². The van der Waals surface area contributed by atoms with Gasteiger partial charge in [-0.05, 0) is 37.8 Å². The van der Waals surface area contributed by atoms with E-state index in [0.717, 1.165) is 19.3 Å². The van der Waals surface area contributed by atoms with Gasteiger partial charge in [0.2, 0.25) is 5.91 Å². The number of carbonyl (C=O) groups excluding carboxylic acids is 1. The van der Waals surface area contributed by atoms with E-state index in [1.807, 2.05) is 0 Å². The van der Waals surface area contributed by atoms with Crippen LogP contribution < -0.4 is 16.8 Å². The second-order valence-electron chi connectivity index (χ2n) is 6.63. The van der Waals surface area contributed by atoms with E-state index < -0.39 is 10.7 Å². The largest absolute Gasteiger partial charge is 0.419 e. The van der Waals surface area contributed by atoms with Crippen LogP contribution in [0.5, 0.6) is 0 Å². The van der Waals surface area contributed by atoms with E-state index in [4.69, 9.17) is 10.2 Å². The first kappa shape index (κ1) is 20.9. The summed E-state index contributed by atoms with van der Waals surface area (Å²) in [6.45, 7) is 0.884. The molecule has 0 saturated heterocycles. The fourth-order valence-corrected chi connectivity index (χ4v) is 3.57. The molecule has 1 aromatic carbocycles. The lowest BCUT2D eigenvalue weighted by molar-refractivity contribution is -0.384. The van der Waals surface area contributed by atoms with E-state index >= 15 is 0 Å². The molecule has 1 aromatic heterocycles. The van der Waals surface area contributed by atoms with Crippen LogP contribution >= 0.6 is 12.4 Å². The SMILES string of the molecule is Cl.NCC1CCCC1NC(=O)CCCn1c(=O)oc2cc([N+](=O)[O-])ccc21. The summed E-state index contributed by atoms with van der Waals surface area (Å²) in [7, 11) is 0. The van der Waals surface area contributed by atoms with E-state index in [0.29, 0.717) is 37.4 Å². The van der Waals surface area contributed by atoms with E-state index in [1.165, 1.54) is 22.8 Å².